The van der Waals surface area contributed by atoms with E-state index >= 15 is 145 Å². The molecule has 12 aromatic carbocycles. The van der Waals surface area contributed by atoms with Crippen molar-refractivity contribution in [3.05, 3.63) is 300 Å². The van der Waals surface area contributed by atoms with Crippen molar-refractivity contribution in [2.24, 2.45) is 0 Å². The van der Waals surface area contributed by atoms with Crippen LogP contribution < -0.4 is 16.4 Å². The van der Waals surface area contributed by atoms with Crippen molar-refractivity contribution >= 4 is 23.1 Å². The third-order valence-corrected chi connectivity index (χ3v) is 17.0. The fourth-order valence-corrected chi connectivity index (χ4v) is 12.5. The molecule has 0 N–H and O–H groups in total. The van der Waals surface area contributed by atoms with Crippen molar-refractivity contribution in [1.82, 2.24) is 0 Å². The molecule has 0 amide bonds. The zero-order chi connectivity index (χ0) is 82.7. The van der Waals surface area contributed by atoms with Gasteiger partial charge in [-0.2, -0.15) is 0 Å². The van der Waals surface area contributed by atoms with E-state index in [1.807, 2.05) is 0 Å². The van der Waals surface area contributed by atoms with E-state index in [2.05, 4.69) is 0 Å². The van der Waals surface area contributed by atoms with Gasteiger partial charge in [-0.15, -0.1) is 0 Å². The van der Waals surface area contributed by atoms with E-state index in [9.17, 15) is 26.3 Å². The van der Waals surface area contributed by atoms with E-state index in [0.29, 0.717) is 0 Å². The van der Waals surface area contributed by atoms with E-state index < -0.39 is 423 Å². The van der Waals surface area contributed by atoms with Gasteiger partial charge in [0.15, 0.2) is 69.8 Å². The maximum atomic E-state index is 17.7. The molecule has 12 rings (SSSR count). The first-order valence-corrected chi connectivity index (χ1v) is 29.4. The Balaban J connectivity index is 1.25. The number of benzene rings is 12. The number of rotatable bonds is 12. The fourth-order valence-electron chi connectivity index (χ4n) is 12.5. The highest BCUT2D eigenvalue weighted by atomic mass is 19.2. The highest BCUT2D eigenvalue weighted by Crippen LogP contribution is 2.51. The zero-order valence-corrected chi connectivity index (χ0v) is 52.2. The first-order valence-electron chi connectivity index (χ1n) is 29.4. The van der Waals surface area contributed by atoms with Crippen LogP contribution in [0, 0.1) is 227 Å². The largest absolute Gasteiger partial charge is 0.265 e. The standard InChI is InChI=1S/C72H12BF39/c74-13-1-19(80)31(20(81)2-13)37-52(92)38(32-21(82)3-14(75)4-22(32)83)56(96)43(55(37)95)46-61(101)67(107)49(68(108)62(46)102)73(50-69(109)63(103)47(64(104)70(50)110)44-57(97)39(33-23(84)5-15(76)6-24(33)85)53(93)40(58(44)98)34-25(86)7-16(77)8-26(34)87)51-71(111)65(105)48(66(106)72(51)112)45-59(99)41(35-27(88)9-17(78)10-28(35)89)54(94)42(60(45)100)36-29(90)11-18(79)12-30(36)91/h1-12H. The maximum absolute atomic E-state index is 17.7. The van der Waals surface area contributed by atoms with Crippen LogP contribution in [0.4, 0.5) is 171 Å². The van der Waals surface area contributed by atoms with E-state index in [-0.39, 0.29) is 0 Å². The van der Waals surface area contributed by atoms with Gasteiger partial charge in [0.2, 0.25) is 0 Å². The molecule has 0 fully saturated rings. The molecule has 0 radical (unpaired) electrons. The quantitative estimate of drug-likeness (QED) is 0.0650. The van der Waals surface area contributed by atoms with Gasteiger partial charge >= 0.3 is 0 Å². The van der Waals surface area contributed by atoms with Crippen LogP contribution >= 0.6 is 0 Å². The number of hydrogen-bond acceptors (Lipinski definition) is 0. The molecule has 0 atom stereocenters. The Morgan fingerprint density at radius 1 is 0.107 bits per heavy atom. The Morgan fingerprint density at radius 2 is 0.196 bits per heavy atom. The molecule has 112 heavy (non-hydrogen) atoms. The summed E-state index contributed by atoms with van der Waals surface area (Å²) in [5.74, 6) is -123. The average Bonchev–Trinajstić information content (AvgIpc) is 0.712. The molecule has 576 valence electrons. The Labute approximate surface area is 592 Å². The van der Waals surface area contributed by atoms with Crippen LogP contribution in [0.2, 0.25) is 0 Å². The SMILES string of the molecule is Fc1cc(F)c(-c2c(F)c(-c3c(F)cc(F)cc3F)c(F)c(-c3c(F)c(F)c(B(c4c(F)c(F)c(-c5c(F)c(-c6c(F)cc(F)cc6F)c(F)c(-c6c(F)cc(F)cc6F)c5F)c(F)c4F)c4c(F)c(F)c(-c5c(F)c(-c6c(F)cc(F)cc6F)c(F)c(-c6c(F)cc(F)cc6F)c5F)c(F)c4F)c(F)c3F)c2F)c(F)c1. The third kappa shape index (κ3) is 12.1. The maximum Gasteiger partial charge on any atom is 0.265 e. The molecule has 0 aliphatic rings. The first-order chi connectivity index (χ1) is 52.3. The molecular weight excluding hydrogens is 1620 g/mol. The van der Waals surface area contributed by atoms with Gasteiger partial charge in [0, 0.05) is 89.2 Å². The fraction of sp³-hybridized carbons (Fsp3) is 0. The van der Waals surface area contributed by atoms with Crippen molar-refractivity contribution < 1.29 is 171 Å². The minimum absolute atomic E-state index is 0.553. The molecular formula is C72H12BF39. The molecule has 0 bridgehead atoms. The number of halogens is 39. The van der Waals surface area contributed by atoms with E-state index in [0.717, 1.165) is 0 Å². The first kappa shape index (κ1) is 79.5. The second-order valence-electron chi connectivity index (χ2n) is 23.2. The molecule has 0 nitrogen and oxygen atoms in total. The Bertz CT molecular complexity index is 5140. The lowest BCUT2D eigenvalue weighted by atomic mass is 9.35. The topological polar surface area (TPSA) is 0 Å². The van der Waals surface area contributed by atoms with Gasteiger partial charge in [0.1, 0.15) is 157 Å². The highest BCUT2D eigenvalue weighted by molar-refractivity contribution is 6.96. The summed E-state index contributed by atoms with van der Waals surface area (Å²) in [5.41, 5.74) is -63.7. The molecule has 12 aromatic rings. The van der Waals surface area contributed by atoms with Crippen molar-refractivity contribution in [3.63, 3.8) is 0 Å². The van der Waals surface area contributed by atoms with E-state index in [1.54, 1.807) is 0 Å². The summed E-state index contributed by atoms with van der Waals surface area (Å²) in [7, 11) is 0. The molecule has 0 saturated carbocycles. The zero-order valence-electron chi connectivity index (χ0n) is 52.2. The molecule has 40 heteroatoms. The van der Waals surface area contributed by atoms with Crippen LogP contribution in [0.25, 0.3) is 100 Å². The lowest BCUT2D eigenvalue weighted by Gasteiger charge is -2.25. The molecule has 0 aliphatic heterocycles. The van der Waals surface area contributed by atoms with Gasteiger partial charge in [-0.1, -0.05) is 0 Å². The normalized spacial score (nSPS) is 11.7. The van der Waals surface area contributed by atoms with Crippen molar-refractivity contribution in [3.8, 4) is 100 Å². The summed E-state index contributed by atoms with van der Waals surface area (Å²) in [6, 6.07) is -6.64. The smallest absolute Gasteiger partial charge is 0.207 e. The summed E-state index contributed by atoms with van der Waals surface area (Å²) < 4.78 is 636. The second-order valence-corrected chi connectivity index (χ2v) is 23.2. The molecule has 0 heterocycles. The minimum Gasteiger partial charge on any atom is -0.207 e. The molecule has 0 spiro atoms. The summed E-state index contributed by atoms with van der Waals surface area (Å²) in [6.45, 7) is -5.38. The summed E-state index contributed by atoms with van der Waals surface area (Å²) in [5, 5.41) is 0. The van der Waals surface area contributed by atoms with Crippen LogP contribution in [-0.2, 0) is 0 Å². The second kappa shape index (κ2) is 28.4. The Morgan fingerprint density at radius 3 is 0.304 bits per heavy atom. The minimum atomic E-state index is -5.38. The third-order valence-electron chi connectivity index (χ3n) is 17.0. The van der Waals surface area contributed by atoms with Gasteiger partial charge in [0.05, 0.1) is 100 Å². The van der Waals surface area contributed by atoms with Crippen LogP contribution in [0.5, 0.6) is 0 Å². The monoisotopic (exact) mass is 1630 g/mol. The highest BCUT2D eigenvalue weighted by Gasteiger charge is 2.49. The molecule has 0 unspecified atom stereocenters. The molecule has 0 aliphatic carbocycles. The molecule has 0 saturated heterocycles. The van der Waals surface area contributed by atoms with Gasteiger partial charge in [-0.25, -0.2) is 171 Å². The Kier molecular flexibility index (Phi) is 20.1. The van der Waals surface area contributed by atoms with Gasteiger partial charge < -0.3 is 0 Å². The van der Waals surface area contributed by atoms with Crippen molar-refractivity contribution in [1.29, 1.82) is 0 Å². The van der Waals surface area contributed by atoms with Crippen LogP contribution in [0.3, 0.4) is 0 Å². The van der Waals surface area contributed by atoms with Crippen molar-refractivity contribution in [2.45, 2.75) is 0 Å². The molecule has 0 aromatic heterocycles. The van der Waals surface area contributed by atoms with Crippen LogP contribution in [0.15, 0.2) is 72.8 Å². The van der Waals surface area contributed by atoms with Crippen molar-refractivity contribution in [2.75, 3.05) is 0 Å². The summed E-state index contributed by atoms with van der Waals surface area (Å²) >= 11 is 0. The lowest BCUT2D eigenvalue weighted by Crippen LogP contribution is -2.60. The Hall–Kier alpha value is -12.0. The lowest BCUT2D eigenvalue weighted by molar-refractivity contribution is 0.458. The van der Waals surface area contributed by atoms with E-state index in [1.165, 1.54) is 0 Å². The van der Waals surface area contributed by atoms with Gasteiger partial charge in [0.25, 0.3) is 6.71 Å². The predicted molar refractivity (Wildman–Crippen MR) is 311 cm³/mol. The van der Waals surface area contributed by atoms with Gasteiger partial charge in [-0.3, -0.25) is 0 Å². The van der Waals surface area contributed by atoms with Crippen LogP contribution in [0.1, 0.15) is 0 Å². The average molecular weight is 1630 g/mol. The summed E-state index contributed by atoms with van der Waals surface area (Å²) in [6.07, 6.45) is 0. The van der Waals surface area contributed by atoms with Crippen LogP contribution in [-0.4, -0.2) is 6.71 Å². The van der Waals surface area contributed by atoms with Gasteiger partial charge in [-0.05, 0) is 0 Å². The van der Waals surface area contributed by atoms with E-state index in [4.69, 9.17) is 0 Å². The number of hydrogen-bond donors (Lipinski definition) is 0. The summed E-state index contributed by atoms with van der Waals surface area (Å²) in [4.78, 5) is 0. The predicted octanol–water partition coefficient (Wildman–Crippen LogP) is 22.6.